The van der Waals surface area contributed by atoms with Gasteiger partial charge in [-0.15, -0.1) is 0 Å². The maximum atomic E-state index is 12.1. The number of rotatable bonds is 12. The molecule has 1 heterocycles. The third-order valence-electron chi connectivity index (χ3n) is 5.82. The van der Waals surface area contributed by atoms with Crippen molar-refractivity contribution in [3.8, 4) is 0 Å². The van der Waals surface area contributed by atoms with Crippen molar-refractivity contribution < 1.29 is 9.53 Å². The van der Waals surface area contributed by atoms with E-state index in [9.17, 15) is 4.79 Å². The Balaban J connectivity index is 1.97. The third-order valence-corrected chi connectivity index (χ3v) is 5.82. The number of ether oxygens (including phenoxy) is 1. The van der Waals surface area contributed by atoms with Crippen LogP contribution >= 0.6 is 0 Å². The smallest absolute Gasteiger partial charge is 0.243 e. The Morgan fingerprint density at radius 2 is 1.81 bits per heavy atom. The molecule has 0 aliphatic carbocycles. The van der Waals surface area contributed by atoms with Crippen LogP contribution in [0.1, 0.15) is 31.9 Å². The molecule has 180 valence electrons. The molecule has 8 heteroatoms. The number of likely N-dealkylation sites (N-methyl/N-ethyl adjacent to an activating group) is 2. The topological polar surface area (TPSA) is 72.4 Å². The van der Waals surface area contributed by atoms with Crippen molar-refractivity contribution in [1.82, 2.24) is 25.3 Å². The summed E-state index contributed by atoms with van der Waals surface area (Å²) >= 11 is 0. The highest BCUT2D eigenvalue weighted by molar-refractivity contribution is 5.84. The highest BCUT2D eigenvalue weighted by Crippen LogP contribution is 2.19. The molecule has 1 aliphatic rings. The highest BCUT2D eigenvalue weighted by atomic mass is 16.5. The minimum Gasteiger partial charge on any atom is -0.379 e. The highest BCUT2D eigenvalue weighted by Gasteiger charge is 2.18. The van der Waals surface area contributed by atoms with E-state index in [2.05, 4.69) is 63.5 Å². The molecule has 2 N–H and O–H groups in total. The minimum atomic E-state index is -0.0113. The first kappa shape index (κ1) is 26.1. The molecule has 2 rings (SSSR count). The van der Waals surface area contributed by atoms with Gasteiger partial charge >= 0.3 is 0 Å². The summed E-state index contributed by atoms with van der Waals surface area (Å²) in [6.07, 6.45) is 1.01. The van der Waals surface area contributed by atoms with E-state index in [1.165, 1.54) is 5.56 Å². The molecular weight excluding hydrogens is 404 g/mol. The number of nitrogens with zero attached hydrogens (tertiary/aromatic N) is 4. The van der Waals surface area contributed by atoms with Crippen molar-refractivity contribution in [3.05, 3.63) is 35.9 Å². The number of benzene rings is 1. The van der Waals surface area contributed by atoms with Crippen LogP contribution in [0.3, 0.4) is 0 Å². The van der Waals surface area contributed by atoms with Crippen molar-refractivity contribution in [2.24, 2.45) is 4.99 Å². The second-order valence-corrected chi connectivity index (χ2v) is 8.22. The van der Waals surface area contributed by atoms with Gasteiger partial charge in [-0.3, -0.25) is 14.6 Å². The van der Waals surface area contributed by atoms with E-state index in [0.717, 1.165) is 65.4 Å². The molecule has 0 spiro atoms. The van der Waals surface area contributed by atoms with E-state index < -0.39 is 0 Å². The van der Waals surface area contributed by atoms with Crippen molar-refractivity contribution >= 4 is 11.9 Å². The Morgan fingerprint density at radius 1 is 1.12 bits per heavy atom. The van der Waals surface area contributed by atoms with Gasteiger partial charge in [0.05, 0.1) is 19.3 Å². The summed E-state index contributed by atoms with van der Waals surface area (Å²) in [5.74, 6) is 0.679. The van der Waals surface area contributed by atoms with Gasteiger partial charge in [0.1, 0.15) is 6.54 Å². The molecule has 1 saturated heterocycles. The van der Waals surface area contributed by atoms with Crippen LogP contribution in [0.25, 0.3) is 0 Å². The summed E-state index contributed by atoms with van der Waals surface area (Å²) in [7, 11) is 3.51. The number of nitrogens with one attached hydrogen (secondary N) is 2. The zero-order chi connectivity index (χ0) is 23.2. The van der Waals surface area contributed by atoms with E-state index in [0.29, 0.717) is 5.96 Å². The third kappa shape index (κ3) is 9.14. The predicted octanol–water partition coefficient (Wildman–Crippen LogP) is 1.42. The molecule has 1 atom stereocenters. The molecule has 1 unspecified atom stereocenters. The Bertz CT molecular complexity index is 672. The molecule has 0 bridgehead atoms. The second kappa shape index (κ2) is 14.8. The molecule has 1 aromatic rings. The van der Waals surface area contributed by atoms with Gasteiger partial charge in [0, 0.05) is 40.3 Å². The number of carbonyl (C=O) groups is 1. The Kier molecular flexibility index (Phi) is 12.1. The summed E-state index contributed by atoms with van der Waals surface area (Å²) in [5.41, 5.74) is 1.28. The van der Waals surface area contributed by atoms with Crippen LogP contribution < -0.4 is 10.6 Å². The molecule has 0 radical (unpaired) electrons. The average molecular weight is 447 g/mol. The lowest BCUT2D eigenvalue weighted by Gasteiger charge is -2.31. The average Bonchev–Trinajstić information content (AvgIpc) is 2.83. The normalized spacial score (nSPS) is 16.1. The molecule has 1 aliphatic heterocycles. The molecule has 8 nitrogen and oxygen atoms in total. The number of hydrogen-bond acceptors (Lipinski definition) is 5. The van der Waals surface area contributed by atoms with Gasteiger partial charge in [-0.1, -0.05) is 44.2 Å². The van der Waals surface area contributed by atoms with E-state index in [1.807, 2.05) is 6.07 Å². The molecule has 0 aromatic heterocycles. The molecule has 32 heavy (non-hydrogen) atoms. The number of morpholine rings is 1. The standard InChI is InChI=1S/C24H42N6O2/c1-5-30(6-2)22(21-11-8-7-9-12-21)19-26-24(27-20-23(31)28(3)4)25-13-10-14-29-15-17-32-18-16-29/h7-9,11-12,22H,5-6,10,13-20H2,1-4H3,(H2,25,26,27). The number of hydrogen-bond donors (Lipinski definition) is 2. The van der Waals surface area contributed by atoms with Gasteiger partial charge in [0.2, 0.25) is 5.91 Å². The second-order valence-electron chi connectivity index (χ2n) is 8.22. The summed E-state index contributed by atoms with van der Waals surface area (Å²) in [6.45, 7) is 12.6. The Morgan fingerprint density at radius 3 is 2.44 bits per heavy atom. The fourth-order valence-corrected chi connectivity index (χ4v) is 3.79. The lowest BCUT2D eigenvalue weighted by molar-refractivity contribution is -0.127. The van der Waals surface area contributed by atoms with E-state index in [1.54, 1.807) is 19.0 Å². The number of amides is 1. The first-order valence-corrected chi connectivity index (χ1v) is 11.9. The van der Waals surface area contributed by atoms with Gasteiger partial charge in [-0.2, -0.15) is 0 Å². The zero-order valence-electron chi connectivity index (χ0n) is 20.3. The lowest BCUT2D eigenvalue weighted by Crippen LogP contribution is -2.44. The van der Waals surface area contributed by atoms with Crippen LogP contribution in [0.5, 0.6) is 0 Å². The van der Waals surface area contributed by atoms with Gasteiger partial charge in [-0.05, 0) is 31.6 Å². The quantitative estimate of drug-likeness (QED) is 0.287. The van der Waals surface area contributed by atoms with Crippen molar-refractivity contribution in [2.45, 2.75) is 26.3 Å². The van der Waals surface area contributed by atoms with Crippen LogP contribution in [0, 0.1) is 0 Å². The van der Waals surface area contributed by atoms with E-state index in [4.69, 9.17) is 4.74 Å². The Hall–Kier alpha value is -2.16. The van der Waals surface area contributed by atoms with Crippen LogP contribution in [-0.2, 0) is 9.53 Å². The number of carbonyl (C=O) groups excluding carboxylic acids is 1. The van der Waals surface area contributed by atoms with E-state index >= 15 is 0 Å². The molecule has 1 fully saturated rings. The van der Waals surface area contributed by atoms with Gasteiger partial charge in [0.15, 0.2) is 5.96 Å². The molecule has 1 aromatic carbocycles. The van der Waals surface area contributed by atoms with Crippen molar-refractivity contribution in [2.75, 3.05) is 79.7 Å². The Labute approximate surface area is 194 Å². The van der Waals surface area contributed by atoms with E-state index in [-0.39, 0.29) is 18.5 Å². The van der Waals surface area contributed by atoms with Crippen molar-refractivity contribution in [3.63, 3.8) is 0 Å². The fraction of sp³-hybridized carbons (Fsp3) is 0.667. The number of aliphatic imine (C=N–C) groups is 1. The summed E-state index contributed by atoms with van der Waals surface area (Å²) < 4.78 is 5.42. The van der Waals surface area contributed by atoms with Crippen LogP contribution in [0.4, 0.5) is 0 Å². The van der Waals surface area contributed by atoms with Gasteiger partial charge in [0.25, 0.3) is 0 Å². The maximum Gasteiger partial charge on any atom is 0.243 e. The van der Waals surface area contributed by atoms with Crippen LogP contribution in [-0.4, -0.2) is 106 Å². The fourth-order valence-electron chi connectivity index (χ4n) is 3.79. The molecular formula is C24H42N6O2. The summed E-state index contributed by atoms with van der Waals surface area (Å²) in [4.78, 5) is 23.1. The first-order chi connectivity index (χ1) is 15.5. The van der Waals surface area contributed by atoms with Crippen LogP contribution in [0.2, 0.25) is 0 Å². The minimum absolute atomic E-state index is 0.0113. The largest absolute Gasteiger partial charge is 0.379 e. The monoisotopic (exact) mass is 446 g/mol. The zero-order valence-corrected chi connectivity index (χ0v) is 20.3. The van der Waals surface area contributed by atoms with Gasteiger partial charge in [-0.25, -0.2) is 4.99 Å². The molecule has 1 amide bonds. The number of guanidine groups is 1. The summed E-state index contributed by atoms with van der Waals surface area (Å²) in [6, 6.07) is 10.8. The summed E-state index contributed by atoms with van der Waals surface area (Å²) in [5, 5.41) is 6.92. The maximum absolute atomic E-state index is 12.1. The van der Waals surface area contributed by atoms with Crippen molar-refractivity contribution in [1.29, 1.82) is 0 Å². The first-order valence-electron chi connectivity index (χ1n) is 11.9. The lowest BCUT2D eigenvalue weighted by atomic mass is 10.1. The SMILES string of the molecule is CCN(CC)C(CNC(=NCC(=O)N(C)C)NCCCN1CCOCC1)c1ccccc1. The predicted molar refractivity (Wildman–Crippen MR) is 131 cm³/mol. The van der Waals surface area contributed by atoms with Crippen LogP contribution in [0.15, 0.2) is 35.3 Å². The van der Waals surface area contributed by atoms with Gasteiger partial charge < -0.3 is 20.3 Å². The molecule has 0 saturated carbocycles.